The topological polar surface area (TPSA) is 81.6 Å². The molecule has 2 unspecified atom stereocenters. The fourth-order valence-corrected chi connectivity index (χ4v) is 3.15. The largest absolute Gasteiger partial charge is 0.357 e. The zero-order valence-electron chi connectivity index (χ0n) is 16.5. The van der Waals surface area contributed by atoms with Gasteiger partial charge in [-0.05, 0) is 38.8 Å². The number of amides is 1. The van der Waals surface area contributed by atoms with Gasteiger partial charge in [-0.1, -0.05) is 18.5 Å². The van der Waals surface area contributed by atoms with E-state index in [-0.39, 0.29) is 18.0 Å². The van der Waals surface area contributed by atoms with Gasteiger partial charge < -0.3 is 20.9 Å². The fraction of sp³-hybridized carbons (Fsp3) is 0.632. The van der Waals surface area contributed by atoms with Crippen LogP contribution in [0.2, 0.25) is 5.02 Å². The molecule has 1 fully saturated rings. The van der Waals surface area contributed by atoms with E-state index in [1.807, 2.05) is 26.0 Å². The van der Waals surface area contributed by atoms with Crippen LogP contribution in [-0.4, -0.2) is 55.1 Å². The van der Waals surface area contributed by atoms with Crippen LogP contribution in [0.3, 0.4) is 0 Å². The minimum absolute atomic E-state index is 0.0424. The lowest BCUT2D eigenvalue weighted by Gasteiger charge is -2.20. The number of nitrogens with zero attached hydrogens (tertiary/aromatic N) is 3. The molecular formula is C19H31ClN6O. The van der Waals surface area contributed by atoms with Gasteiger partial charge in [0.25, 0.3) is 0 Å². The molecule has 2 rings (SSSR count). The minimum Gasteiger partial charge on any atom is -0.357 e. The maximum atomic E-state index is 11.9. The van der Waals surface area contributed by atoms with E-state index >= 15 is 0 Å². The van der Waals surface area contributed by atoms with E-state index in [9.17, 15) is 4.79 Å². The van der Waals surface area contributed by atoms with Crippen LogP contribution in [0.1, 0.15) is 40.0 Å². The van der Waals surface area contributed by atoms with Gasteiger partial charge in [0, 0.05) is 44.3 Å². The molecule has 1 amide bonds. The lowest BCUT2D eigenvalue weighted by atomic mass is 10.2. The van der Waals surface area contributed by atoms with Gasteiger partial charge in [0.2, 0.25) is 5.91 Å². The van der Waals surface area contributed by atoms with Crippen molar-refractivity contribution in [1.82, 2.24) is 20.9 Å². The third-order valence-corrected chi connectivity index (χ3v) is 4.84. The molecule has 1 aromatic rings. The molecule has 1 aliphatic heterocycles. The summed E-state index contributed by atoms with van der Waals surface area (Å²) in [5.41, 5.74) is 0. The molecule has 0 saturated carbocycles. The van der Waals surface area contributed by atoms with Crippen LogP contribution in [0.4, 0.5) is 5.82 Å². The van der Waals surface area contributed by atoms with Gasteiger partial charge in [0.1, 0.15) is 5.82 Å². The molecule has 3 N–H and O–H groups in total. The average molecular weight is 395 g/mol. The first-order valence-corrected chi connectivity index (χ1v) is 10.1. The van der Waals surface area contributed by atoms with Crippen LogP contribution in [0, 0.1) is 0 Å². The Hall–Kier alpha value is -2.02. The Labute approximate surface area is 167 Å². The van der Waals surface area contributed by atoms with E-state index in [4.69, 9.17) is 11.6 Å². The second kappa shape index (κ2) is 11.0. The first-order valence-electron chi connectivity index (χ1n) is 9.73. The lowest BCUT2D eigenvalue weighted by molar-refractivity contribution is -0.121. The zero-order chi connectivity index (χ0) is 19.6. The Morgan fingerprint density at radius 2 is 2.30 bits per heavy atom. The van der Waals surface area contributed by atoms with Crippen molar-refractivity contribution in [3.63, 3.8) is 0 Å². The first kappa shape index (κ1) is 21.3. The summed E-state index contributed by atoms with van der Waals surface area (Å²) in [6.45, 7) is 9.03. The van der Waals surface area contributed by atoms with E-state index in [0.717, 1.165) is 44.3 Å². The monoisotopic (exact) mass is 394 g/mol. The molecular weight excluding hydrogens is 364 g/mol. The zero-order valence-corrected chi connectivity index (χ0v) is 17.2. The van der Waals surface area contributed by atoms with Gasteiger partial charge in [-0.25, -0.2) is 4.98 Å². The molecule has 1 saturated heterocycles. The Kier molecular flexibility index (Phi) is 8.64. The average Bonchev–Trinajstić information content (AvgIpc) is 3.10. The highest BCUT2D eigenvalue weighted by atomic mass is 35.5. The summed E-state index contributed by atoms with van der Waals surface area (Å²) in [5.74, 6) is 1.61. The molecule has 0 radical (unpaired) electrons. The maximum Gasteiger partial charge on any atom is 0.222 e. The number of hydrogen-bond acceptors (Lipinski definition) is 4. The molecule has 7 nitrogen and oxygen atoms in total. The van der Waals surface area contributed by atoms with Crippen LogP contribution in [-0.2, 0) is 4.79 Å². The number of aliphatic imine (C=N–C) groups is 1. The lowest BCUT2D eigenvalue weighted by Crippen LogP contribution is -2.45. The third-order valence-electron chi connectivity index (χ3n) is 4.54. The van der Waals surface area contributed by atoms with Crippen LogP contribution < -0.4 is 20.9 Å². The number of nitrogens with one attached hydrogen (secondary N) is 3. The number of carbonyl (C=O) groups excluding carboxylic acids is 1. The van der Waals surface area contributed by atoms with E-state index in [1.165, 1.54) is 0 Å². The summed E-state index contributed by atoms with van der Waals surface area (Å²) >= 11 is 6.25. The molecule has 1 aromatic heterocycles. The Morgan fingerprint density at radius 3 is 3.00 bits per heavy atom. The second-order valence-corrected chi connectivity index (χ2v) is 7.18. The summed E-state index contributed by atoms with van der Waals surface area (Å²) in [4.78, 5) is 23.0. The first-order chi connectivity index (χ1) is 13.0. The molecule has 27 heavy (non-hydrogen) atoms. The van der Waals surface area contributed by atoms with Crippen molar-refractivity contribution in [3.8, 4) is 0 Å². The molecule has 0 aliphatic carbocycles. The summed E-state index contributed by atoms with van der Waals surface area (Å²) in [5, 5.41) is 10.3. The van der Waals surface area contributed by atoms with Crippen molar-refractivity contribution in [2.24, 2.45) is 4.99 Å². The van der Waals surface area contributed by atoms with Gasteiger partial charge in [-0.2, -0.15) is 0 Å². The predicted octanol–water partition coefficient (Wildman–Crippen LogP) is 2.17. The number of anilines is 1. The number of rotatable bonds is 8. The molecule has 8 heteroatoms. The number of carbonyl (C=O) groups is 1. The van der Waals surface area contributed by atoms with Crippen LogP contribution in [0.25, 0.3) is 0 Å². The molecule has 2 heterocycles. The number of hydrogen-bond donors (Lipinski definition) is 3. The summed E-state index contributed by atoms with van der Waals surface area (Å²) < 4.78 is 0. The normalized spacial score (nSPS) is 18.3. The van der Waals surface area contributed by atoms with Crippen molar-refractivity contribution in [1.29, 1.82) is 0 Å². The predicted molar refractivity (Wildman–Crippen MR) is 111 cm³/mol. The molecule has 0 spiro atoms. The van der Waals surface area contributed by atoms with Gasteiger partial charge in [0.15, 0.2) is 5.96 Å². The standard InChI is InChI=1S/C19H31ClN6O/c1-4-14(3)24-17(27)8-11-23-19(21-5-2)25-15-9-12-26(13-15)18-16(20)7-6-10-22-18/h6-7,10,14-15H,4-5,8-9,11-13H2,1-3H3,(H,24,27)(H2,21,23,25). The number of halogens is 1. The Bertz CT molecular complexity index is 638. The SMILES string of the molecule is CCNC(=NCCC(=O)NC(C)CC)NC1CCN(c2ncccc2Cl)C1. The second-order valence-electron chi connectivity index (χ2n) is 6.77. The molecule has 150 valence electrons. The summed E-state index contributed by atoms with van der Waals surface area (Å²) in [7, 11) is 0. The van der Waals surface area contributed by atoms with Crippen LogP contribution in [0.5, 0.6) is 0 Å². The quantitative estimate of drug-likeness (QED) is 0.465. The highest BCUT2D eigenvalue weighted by Gasteiger charge is 2.25. The van der Waals surface area contributed by atoms with Crippen molar-refractivity contribution in [3.05, 3.63) is 23.4 Å². The molecule has 2 atom stereocenters. The fourth-order valence-electron chi connectivity index (χ4n) is 2.91. The van der Waals surface area contributed by atoms with Crippen molar-refractivity contribution in [2.45, 2.75) is 52.1 Å². The Balaban J connectivity index is 1.85. The summed E-state index contributed by atoms with van der Waals surface area (Å²) in [6, 6.07) is 4.16. The van der Waals surface area contributed by atoms with E-state index < -0.39 is 0 Å². The number of guanidine groups is 1. The smallest absolute Gasteiger partial charge is 0.222 e. The maximum absolute atomic E-state index is 11.9. The third kappa shape index (κ3) is 6.90. The molecule has 1 aliphatic rings. The highest BCUT2D eigenvalue weighted by Crippen LogP contribution is 2.25. The van der Waals surface area contributed by atoms with Crippen molar-refractivity contribution < 1.29 is 4.79 Å². The van der Waals surface area contributed by atoms with E-state index in [2.05, 4.69) is 37.8 Å². The van der Waals surface area contributed by atoms with Gasteiger partial charge in [0.05, 0.1) is 11.6 Å². The van der Waals surface area contributed by atoms with E-state index in [1.54, 1.807) is 6.20 Å². The van der Waals surface area contributed by atoms with Crippen molar-refractivity contribution in [2.75, 3.05) is 31.1 Å². The van der Waals surface area contributed by atoms with Gasteiger partial charge >= 0.3 is 0 Å². The van der Waals surface area contributed by atoms with Crippen molar-refractivity contribution >= 4 is 29.3 Å². The molecule has 0 aromatic carbocycles. The van der Waals surface area contributed by atoms with Crippen LogP contribution in [0.15, 0.2) is 23.3 Å². The highest BCUT2D eigenvalue weighted by molar-refractivity contribution is 6.32. The number of aromatic nitrogens is 1. The van der Waals surface area contributed by atoms with E-state index in [0.29, 0.717) is 18.0 Å². The van der Waals surface area contributed by atoms with Gasteiger partial charge in [-0.15, -0.1) is 0 Å². The number of pyridine rings is 1. The summed E-state index contributed by atoms with van der Waals surface area (Å²) in [6.07, 6.45) is 4.06. The Morgan fingerprint density at radius 1 is 1.48 bits per heavy atom. The molecule has 0 bridgehead atoms. The minimum atomic E-state index is 0.0424. The van der Waals surface area contributed by atoms with Crippen LogP contribution >= 0.6 is 11.6 Å². The van der Waals surface area contributed by atoms with Gasteiger partial charge in [-0.3, -0.25) is 9.79 Å².